The van der Waals surface area contributed by atoms with E-state index in [0.717, 1.165) is 11.3 Å². The van der Waals surface area contributed by atoms with Crippen LogP contribution in [0.3, 0.4) is 0 Å². The number of carbonyl (C=O) groups excluding carboxylic acids is 1. The molecule has 1 heterocycles. The van der Waals surface area contributed by atoms with Crippen LogP contribution in [0.4, 0.5) is 0 Å². The highest BCUT2D eigenvalue weighted by Gasteiger charge is 2.30. The van der Waals surface area contributed by atoms with Crippen LogP contribution < -0.4 is 10.1 Å². The Morgan fingerprint density at radius 2 is 2.00 bits per heavy atom. The highest BCUT2D eigenvalue weighted by atomic mass is 16.5. The van der Waals surface area contributed by atoms with Gasteiger partial charge >= 0.3 is 0 Å². The van der Waals surface area contributed by atoms with Gasteiger partial charge in [-0.05, 0) is 24.1 Å². The maximum absolute atomic E-state index is 11.5. The molecule has 0 radical (unpaired) electrons. The number of hydrogen-bond donors (Lipinski definition) is 4. The van der Waals surface area contributed by atoms with Crippen molar-refractivity contribution >= 4 is 5.91 Å². The lowest BCUT2D eigenvalue weighted by atomic mass is 10.0. The molecule has 0 aromatic heterocycles. The lowest BCUT2D eigenvalue weighted by molar-refractivity contribution is -0.131. The number of nitrogens with one attached hydrogen (secondary N) is 1. The molecule has 7 heteroatoms. The minimum atomic E-state index is -0.720. The van der Waals surface area contributed by atoms with E-state index in [1.54, 1.807) is 0 Å². The van der Waals surface area contributed by atoms with E-state index in [1.165, 1.54) is 11.8 Å². The fourth-order valence-corrected chi connectivity index (χ4v) is 2.89. The van der Waals surface area contributed by atoms with E-state index in [9.17, 15) is 15.0 Å². The molecular weight excluding hydrogens is 324 g/mol. The van der Waals surface area contributed by atoms with Crippen molar-refractivity contribution < 1.29 is 24.9 Å². The summed E-state index contributed by atoms with van der Waals surface area (Å²) in [5, 5.41) is 32.4. The molecule has 1 saturated heterocycles. The summed E-state index contributed by atoms with van der Waals surface area (Å²) in [4.78, 5) is 13.0. The monoisotopic (exact) mass is 352 g/mol. The zero-order valence-electron chi connectivity index (χ0n) is 14.6. The number of likely N-dealkylation sites (tertiary alicyclic amines) is 1. The first-order valence-electron chi connectivity index (χ1n) is 8.67. The Morgan fingerprint density at radius 3 is 2.64 bits per heavy atom. The standard InChI is InChI=1S/C18H28N2O5/c1-13(22)20-11-15(23)9-17(18(24)12-20)19-10-14-3-5-16(6-4-14)25-8-2-7-21/h3-6,15,17-19,21,23-24H,2,7-12H2,1H3/t15-,17-,18-/m1/s1. The topological polar surface area (TPSA) is 102 Å². The van der Waals surface area contributed by atoms with Crippen molar-refractivity contribution in [2.24, 2.45) is 0 Å². The Balaban J connectivity index is 1.86. The SMILES string of the molecule is CC(=O)N1C[C@H](O)C[C@@H](NCc2ccc(OCCCO)cc2)[C@H](O)C1. The quantitative estimate of drug-likeness (QED) is 0.510. The highest BCUT2D eigenvalue weighted by Crippen LogP contribution is 2.15. The third-order valence-corrected chi connectivity index (χ3v) is 4.34. The molecule has 1 aromatic rings. The van der Waals surface area contributed by atoms with Crippen LogP contribution in [0.25, 0.3) is 0 Å². The highest BCUT2D eigenvalue weighted by molar-refractivity contribution is 5.73. The normalized spacial score (nSPS) is 24.0. The molecule has 0 spiro atoms. The van der Waals surface area contributed by atoms with E-state index >= 15 is 0 Å². The molecule has 1 aliphatic rings. The van der Waals surface area contributed by atoms with Crippen molar-refractivity contribution in [1.29, 1.82) is 0 Å². The van der Waals surface area contributed by atoms with Gasteiger partial charge in [-0.3, -0.25) is 4.79 Å². The van der Waals surface area contributed by atoms with Crippen LogP contribution in [0.5, 0.6) is 5.75 Å². The van der Waals surface area contributed by atoms with E-state index < -0.39 is 12.2 Å². The van der Waals surface area contributed by atoms with E-state index in [0.29, 0.717) is 26.0 Å². The van der Waals surface area contributed by atoms with Gasteiger partial charge in [-0.15, -0.1) is 0 Å². The van der Waals surface area contributed by atoms with Crippen LogP contribution in [0.15, 0.2) is 24.3 Å². The first-order valence-corrected chi connectivity index (χ1v) is 8.67. The summed E-state index contributed by atoms with van der Waals surface area (Å²) in [7, 11) is 0. The van der Waals surface area contributed by atoms with Gasteiger partial charge in [0.15, 0.2) is 0 Å². The smallest absolute Gasteiger partial charge is 0.219 e. The van der Waals surface area contributed by atoms with Crippen molar-refractivity contribution in [3.05, 3.63) is 29.8 Å². The van der Waals surface area contributed by atoms with Gasteiger partial charge in [0.2, 0.25) is 5.91 Å². The number of ether oxygens (including phenoxy) is 1. The second-order valence-corrected chi connectivity index (χ2v) is 6.44. The number of benzene rings is 1. The average molecular weight is 352 g/mol. The van der Waals surface area contributed by atoms with Crippen LogP contribution in [0.1, 0.15) is 25.3 Å². The maximum atomic E-state index is 11.5. The van der Waals surface area contributed by atoms with E-state index in [1.807, 2.05) is 24.3 Å². The van der Waals surface area contributed by atoms with Crippen molar-refractivity contribution in [2.45, 2.75) is 44.6 Å². The number of aliphatic hydroxyl groups excluding tert-OH is 3. The largest absolute Gasteiger partial charge is 0.494 e. The molecule has 0 unspecified atom stereocenters. The molecule has 1 amide bonds. The van der Waals surface area contributed by atoms with Gasteiger partial charge in [0.1, 0.15) is 5.75 Å². The molecule has 1 fully saturated rings. The molecule has 140 valence electrons. The molecule has 7 nitrogen and oxygen atoms in total. The predicted molar refractivity (Wildman–Crippen MR) is 93.2 cm³/mol. The van der Waals surface area contributed by atoms with Gasteiger partial charge in [-0.1, -0.05) is 12.1 Å². The molecule has 3 atom stereocenters. The number of β-amino-alcohol motifs (C(OH)–C–C–N with tert-alkyl or cyclic N) is 2. The van der Waals surface area contributed by atoms with E-state index in [-0.39, 0.29) is 31.6 Å². The number of aliphatic hydroxyl groups is 3. The fraction of sp³-hybridized carbons (Fsp3) is 0.611. The van der Waals surface area contributed by atoms with Crippen molar-refractivity contribution in [3.8, 4) is 5.75 Å². The van der Waals surface area contributed by atoms with Gasteiger partial charge in [0.25, 0.3) is 0 Å². The van der Waals surface area contributed by atoms with Crippen LogP contribution in [-0.2, 0) is 11.3 Å². The lowest BCUT2D eigenvalue weighted by Gasteiger charge is -2.24. The van der Waals surface area contributed by atoms with Gasteiger partial charge in [0, 0.05) is 45.6 Å². The summed E-state index contributed by atoms with van der Waals surface area (Å²) >= 11 is 0. The van der Waals surface area contributed by atoms with Crippen LogP contribution in [-0.4, -0.2) is 70.7 Å². The lowest BCUT2D eigenvalue weighted by Crippen LogP contribution is -2.44. The molecule has 0 saturated carbocycles. The van der Waals surface area contributed by atoms with Crippen molar-refractivity contribution in [2.75, 3.05) is 26.3 Å². The molecule has 25 heavy (non-hydrogen) atoms. The van der Waals surface area contributed by atoms with E-state index in [4.69, 9.17) is 9.84 Å². The molecular formula is C18H28N2O5. The first-order chi connectivity index (χ1) is 12.0. The number of rotatable bonds is 7. The molecule has 4 N–H and O–H groups in total. The van der Waals surface area contributed by atoms with Gasteiger partial charge in [0.05, 0.1) is 18.8 Å². The minimum absolute atomic E-state index is 0.110. The molecule has 2 rings (SSSR count). The molecule has 0 aliphatic carbocycles. The Kier molecular flexibility index (Phi) is 7.64. The predicted octanol–water partition coefficient (Wildman–Crippen LogP) is -0.120. The molecule has 1 aromatic carbocycles. The fourth-order valence-electron chi connectivity index (χ4n) is 2.89. The third-order valence-electron chi connectivity index (χ3n) is 4.34. The zero-order chi connectivity index (χ0) is 18.2. The number of nitrogens with zero attached hydrogens (tertiary/aromatic N) is 1. The second-order valence-electron chi connectivity index (χ2n) is 6.44. The van der Waals surface area contributed by atoms with Gasteiger partial charge < -0.3 is 30.3 Å². The first kappa shape index (κ1) is 19.7. The van der Waals surface area contributed by atoms with Crippen molar-refractivity contribution in [3.63, 3.8) is 0 Å². The summed E-state index contributed by atoms with van der Waals surface area (Å²) in [5.41, 5.74) is 1.03. The Labute approximate surface area is 148 Å². The molecule has 1 aliphatic heterocycles. The van der Waals surface area contributed by atoms with Gasteiger partial charge in [-0.2, -0.15) is 0 Å². The maximum Gasteiger partial charge on any atom is 0.219 e. The summed E-state index contributed by atoms with van der Waals surface area (Å²) in [6, 6.07) is 7.32. The Hall–Kier alpha value is -1.67. The number of carbonyl (C=O) groups is 1. The second kappa shape index (κ2) is 9.72. The zero-order valence-corrected chi connectivity index (χ0v) is 14.6. The summed E-state index contributed by atoms with van der Waals surface area (Å²) < 4.78 is 5.49. The third kappa shape index (κ3) is 6.28. The molecule has 0 bridgehead atoms. The Bertz CT molecular complexity index is 537. The Morgan fingerprint density at radius 1 is 1.28 bits per heavy atom. The minimum Gasteiger partial charge on any atom is -0.494 e. The average Bonchev–Trinajstić information content (AvgIpc) is 2.73. The summed E-state index contributed by atoms with van der Waals surface area (Å²) in [6.45, 7) is 3.06. The van der Waals surface area contributed by atoms with Crippen LogP contribution >= 0.6 is 0 Å². The van der Waals surface area contributed by atoms with Gasteiger partial charge in [-0.25, -0.2) is 0 Å². The summed E-state index contributed by atoms with van der Waals surface area (Å²) in [6.07, 6.45) is -0.376. The summed E-state index contributed by atoms with van der Waals surface area (Å²) in [5.74, 6) is 0.606. The van der Waals surface area contributed by atoms with Crippen LogP contribution in [0.2, 0.25) is 0 Å². The van der Waals surface area contributed by atoms with E-state index in [2.05, 4.69) is 5.32 Å². The number of hydrogen-bond acceptors (Lipinski definition) is 6. The van der Waals surface area contributed by atoms with Crippen LogP contribution in [0, 0.1) is 0 Å². The van der Waals surface area contributed by atoms with Crippen molar-refractivity contribution in [1.82, 2.24) is 10.2 Å². The number of amides is 1.